The molecule has 0 aromatic carbocycles. The molecule has 198 valence electrons. The summed E-state index contributed by atoms with van der Waals surface area (Å²) in [6, 6.07) is 9.43. The molecular weight excluding hydrogens is 494 g/mol. The van der Waals surface area contributed by atoms with Gasteiger partial charge in [0.1, 0.15) is 37.6 Å². The molecule has 4 aromatic heterocycles. The number of aromatic nitrogens is 7. The average molecular weight is 524 g/mol. The highest BCUT2D eigenvalue weighted by atomic mass is 16.6. The minimum Gasteiger partial charge on any atom is -0.394 e. The zero-order chi connectivity index (χ0) is 26.6. The maximum Gasteiger partial charge on any atom is 0.330 e. The molecule has 0 bridgehead atoms. The van der Waals surface area contributed by atoms with Crippen molar-refractivity contribution in [3.8, 4) is 11.1 Å². The van der Waals surface area contributed by atoms with Crippen molar-refractivity contribution in [3.05, 3.63) is 94.0 Å². The monoisotopic (exact) mass is 523 g/mol. The molecule has 13 nitrogen and oxygen atoms in total. The maximum absolute atomic E-state index is 12.2. The number of hydrogen-bond donors (Lipinski definition) is 3. The van der Waals surface area contributed by atoms with Gasteiger partial charge in [0.05, 0.1) is 19.4 Å². The summed E-state index contributed by atoms with van der Waals surface area (Å²) in [5.41, 5.74) is 1.53. The summed E-state index contributed by atoms with van der Waals surface area (Å²) in [7, 11) is 1.98. The molecular formula is C25H29N7O6+2. The Morgan fingerprint density at radius 2 is 1.82 bits per heavy atom. The van der Waals surface area contributed by atoms with Gasteiger partial charge >= 0.3 is 5.69 Å². The molecule has 0 saturated carbocycles. The van der Waals surface area contributed by atoms with E-state index in [1.165, 1.54) is 12.3 Å². The van der Waals surface area contributed by atoms with E-state index in [-0.39, 0.29) is 6.61 Å². The largest absolute Gasteiger partial charge is 0.394 e. The van der Waals surface area contributed by atoms with Crippen LogP contribution in [-0.4, -0.2) is 59.7 Å². The highest BCUT2D eigenvalue weighted by Gasteiger charge is 2.45. The highest BCUT2D eigenvalue weighted by Crippen LogP contribution is 2.31. The van der Waals surface area contributed by atoms with E-state index in [0.717, 1.165) is 15.7 Å². The zero-order valence-electron chi connectivity index (χ0n) is 20.7. The van der Waals surface area contributed by atoms with Gasteiger partial charge < -0.3 is 19.7 Å². The Kier molecular flexibility index (Phi) is 7.51. The van der Waals surface area contributed by atoms with E-state index in [4.69, 9.17) is 9.47 Å². The molecule has 0 aliphatic carbocycles. The quantitative estimate of drug-likeness (QED) is 0.223. The number of aliphatic hydroxyl groups excluding tert-OH is 2. The molecule has 3 N–H and O–H groups in total. The second kappa shape index (κ2) is 11.1. The average Bonchev–Trinajstić information content (AvgIpc) is 3.50. The van der Waals surface area contributed by atoms with Gasteiger partial charge in [0.2, 0.25) is 0 Å². The summed E-state index contributed by atoms with van der Waals surface area (Å²) in [6.45, 7) is 0.788. The lowest BCUT2D eigenvalue weighted by molar-refractivity contribution is -0.698. The van der Waals surface area contributed by atoms with Gasteiger partial charge in [-0.2, -0.15) is 0 Å². The summed E-state index contributed by atoms with van der Waals surface area (Å²) < 4.78 is 18.4. The fourth-order valence-corrected chi connectivity index (χ4v) is 4.31. The third-order valence-corrected chi connectivity index (χ3v) is 6.42. The van der Waals surface area contributed by atoms with Crippen LogP contribution in [0.5, 0.6) is 0 Å². The van der Waals surface area contributed by atoms with Crippen LogP contribution in [0, 0.1) is 0 Å². The van der Waals surface area contributed by atoms with E-state index in [2.05, 4.69) is 44.1 Å². The Hall–Kier alpha value is -4.04. The van der Waals surface area contributed by atoms with Gasteiger partial charge in [-0.15, -0.1) is 5.10 Å². The first-order valence-electron chi connectivity index (χ1n) is 12.1. The minimum atomic E-state index is -1.20. The SMILES string of the molecule is C[n+]1ccc(-c2cc[n+](CCn3cc(CO[C@@H]4[C@H](O)[C@@H](CO)O[C@H]4n4ccc(=O)[nH]c4=O)nn3)cc2)cc1. The number of hydrogen-bond acceptors (Lipinski definition) is 8. The number of nitrogens with one attached hydrogen (secondary N) is 1. The Bertz CT molecular complexity index is 1480. The van der Waals surface area contributed by atoms with Gasteiger partial charge in [-0.3, -0.25) is 14.3 Å². The Balaban J connectivity index is 1.19. The number of pyridine rings is 2. The molecule has 5 heterocycles. The number of H-pyrrole nitrogens is 1. The van der Waals surface area contributed by atoms with Crippen LogP contribution < -0.4 is 20.4 Å². The van der Waals surface area contributed by atoms with Crippen LogP contribution in [0.15, 0.2) is 77.1 Å². The van der Waals surface area contributed by atoms with Crippen LogP contribution in [0.3, 0.4) is 0 Å². The first-order chi connectivity index (χ1) is 18.4. The lowest BCUT2D eigenvalue weighted by atomic mass is 10.1. The number of aromatic amines is 1. The van der Waals surface area contributed by atoms with Crippen molar-refractivity contribution < 1.29 is 28.8 Å². The number of nitrogens with zero attached hydrogens (tertiary/aromatic N) is 6. The molecule has 0 radical (unpaired) electrons. The smallest absolute Gasteiger partial charge is 0.330 e. The van der Waals surface area contributed by atoms with E-state index in [9.17, 15) is 19.8 Å². The normalized spacial score (nSPS) is 21.1. The molecule has 13 heteroatoms. The third-order valence-electron chi connectivity index (χ3n) is 6.42. The minimum absolute atomic E-state index is 0.00544. The van der Waals surface area contributed by atoms with Crippen LogP contribution in [0.4, 0.5) is 0 Å². The first-order valence-corrected chi connectivity index (χ1v) is 12.1. The van der Waals surface area contributed by atoms with Crippen LogP contribution in [0.1, 0.15) is 11.9 Å². The lowest BCUT2D eigenvalue weighted by Crippen LogP contribution is -2.39. The third kappa shape index (κ3) is 5.60. The Morgan fingerprint density at radius 1 is 1.11 bits per heavy atom. The van der Waals surface area contributed by atoms with E-state index < -0.39 is 42.4 Å². The van der Waals surface area contributed by atoms with Crippen molar-refractivity contribution in [3.63, 3.8) is 0 Å². The van der Waals surface area contributed by atoms with Crippen LogP contribution in [0.2, 0.25) is 0 Å². The summed E-state index contributed by atoms with van der Waals surface area (Å²) in [5.74, 6) is 0. The molecule has 1 aliphatic heterocycles. The number of ether oxygens (including phenoxy) is 2. The van der Waals surface area contributed by atoms with Crippen LogP contribution >= 0.6 is 0 Å². The summed E-state index contributed by atoms with van der Waals surface area (Å²) in [6.07, 6.45) is 6.88. The number of aryl methyl sites for hydroxylation is 3. The van der Waals surface area contributed by atoms with E-state index >= 15 is 0 Å². The molecule has 0 amide bonds. The van der Waals surface area contributed by atoms with Gasteiger partial charge in [0.25, 0.3) is 5.56 Å². The van der Waals surface area contributed by atoms with Crippen LogP contribution in [0.25, 0.3) is 11.1 Å². The Morgan fingerprint density at radius 3 is 2.50 bits per heavy atom. The molecule has 4 aromatic rings. The van der Waals surface area contributed by atoms with Crippen molar-refractivity contribution in [2.45, 2.75) is 44.2 Å². The van der Waals surface area contributed by atoms with E-state index in [1.54, 1.807) is 10.9 Å². The standard InChI is InChI=1S/C25H28N7O6/c1-29-7-2-17(3-8-29)18-4-9-30(10-5-18)12-13-31-14-19(27-28-31)16-37-23-22(35)20(15-33)38-24(23)32-11-6-21(34)26-25(32)36/h2-11,14,20,22-24,33,35H,12-13,15-16H2,1H3/q+1/p+1/t20-,22-,23-,24-/m1/s1. The molecule has 0 unspecified atom stereocenters. The predicted molar refractivity (Wildman–Crippen MR) is 130 cm³/mol. The van der Waals surface area contributed by atoms with Gasteiger partial charge in [0.15, 0.2) is 37.6 Å². The predicted octanol–water partition coefficient (Wildman–Crippen LogP) is -1.56. The molecule has 38 heavy (non-hydrogen) atoms. The molecule has 4 atom stereocenters. The molecule has 1 saturated heterocycles. The number of aliphatic hydroxyl groups is 2. The van der Waals surface area contributed by atoms with Gasteiger partial charge in [-0.05, 0) is 11.1 Å². The van der Waals surface area contributed by atoms with Crippen molar-refractivity contribution in [2.75, 3.05) is 6.61 Å². The second-order valence-corrected chi connectivity index (χ2v) is 9.08. The maximum atomic E-state index is 12.2. The summed E-state index contributed by atoms with van der Waals surface area (Å²) in [4.78, 5) is 25.8. The first kappa shape index (κ1) is 25.6. The van der Waals surface area contributed by atoms with Crippen molar-refractivity contribution in [2.24, 2.45) is 7.05 Å². The summed E-state index contributed by atoms with van der Waals surface area (Å²) >= 11 is 0. The lowest BCUT2D eigenvalue weighted by Gasteiger charge is -2.21. The molecule has 5 rings (SSSR count). The van der Waals surface area contributed by atoms with Crippen molar-refractivity contribution in [1.29, 1.82) is 0 Å². The van der Waals surface area contributed by atoms with Gasteiger partial charge in [-0.1, -0.05) is 5.21 Å². The van der Waals surface area contributed by atoms with Gasteiger partial charge in [0, 0.05) is 36.5 Å². The van der Waals surface area contributed by atoms with Crippen molar-refractivity contribution >= 4 is 0 Å². The van der Waals surface area contributed by atoms with E-state index in [1.807, 2.05) is 36.4 Å². The second-order valence-electron chi connectivity index (χ2n) is 9.08. The fourth-order valence-electron chi connectivity index (χ4n) is 4.31. The molecule has 1 aliphatic rings. The van der Waals surface area contributed by atoms with E-state index in [0.29, 0.717) is 18.8 Å². The number of rotatable bonds is 9. The fraction of sp³-hybridized carbons (Fsp3) is 0.360. The molecule has 0 spiro atoms. The topological polar surface area (TPSA) is 152 Å². The molecule has 1 fully saturated rings. The van der Waals surface area contributed by atoms with Gasteiger partial charge in [-0.25, -0.2) is 18.6 Å². The Labute approximate surface area is 216 Å². The summed E-state index contributed by atoms with van der Waals surface area (Å²) in [5, 5.41) is 28.4. The van der Waals surface area contributed by atoms with Crippen molar-refractivity contribution in [1.82, 2.24) is 24.5 Å². The zero-order valence-corrected chi connectivity index (χ0v) is 20.7. The van der Waals surface area contributed by atoms with Crippen LogP contribution in [-0.2, 0) is 36.2 Å². The highest BCUT2D eigenvalue weighted by molar-refractivity contribution is 5.60.